The van der Waals surface area contributed by atoms with E-state index in [-0.39, 0.29) is 6.09 Å². The number of carbonyl (C=O) groups excluding carboxylic acids is 2. The van der Waals surface area contributed by atoms with Gasteiger partial charge in [-0.2, -0.15) is 0 Å². The van der Waals surface area contributed by atoms with E-state index < -0.39 is 11.6 Å². The highest BCUT2D eigenvalue weighted by molar-refractivity contribution is 6.31. The van der Waals surface area contributed by atoms with Gasteiger partial charge in [0.05, 0.1) is 18.4 Å². The number of nitrogens with zero attached hydrogens (tertiary/aromatic N) is 2. The third-order valence-electron chi connectivity index (χ3n) is 6.16. The monoisotopic (exact) mass is 497 g/mol. The van der Waals surface area contributed by atoms with Gasteiger partial charge < -0.3 is 24.3 Å². The van der Waals surface area contributed by atoms with Crippen molar-refractivity contribution in [3.63, 3.8) is 0 Å². The molecule has 0 radical (unpaired) electrons. The number of aromatic nitrogens is 1. The number of carbonyl (C=O) groups is 2. The average molecular weight is 498 g/mol. The summed E-state index contributed by atoms with van der Waals surface area (Å²) in [6.07, 6.45) is 3.78. The van der Waals surface area contributed by atoms with Crippen LogP contribution in [0, 0.1) is 5.92 Å². The minimum absolute atomic E-state index is 0.224. The maximum absolute atomic E-state index is 12.3. The summed E-state index contributed by atoms with van der Waals surface area (Å²) in [6.45, 7) is 8.02. The molecule has 2 heterocycles. The highest BCUT2D eigenvalue weighted by Crippen LogP contribution is 2.29. The number of anilines is 2. The van der Waals surface area contributed by atoms with Gasteiger partial charge in [0, 0.05) is 47.4 Å². The summed E-state index contributed by atoms with van der Waals surface area (Å²) >= 11 is 6.07. The summed E-state index contributed by atoms with van der Waals surface area (Å²) in [4.78, 5) is 26.3. The van der Waals surface area contributed by atoms with Crippen LogP contribution in [-0.4, -0.2) is 47.3 Å². The van der Waals surface area contributed by atoms with Crippen LogP contribution in [0.15, 0.2) is 48.7 Å². The third-order valence-corrected chi connectivity index (χ3v) is 6.39. The Morgan fingerprint density at radius 2 is 1.83 bits per heavy atom. The van der Waals surface area contributed by atoms with Gasteiger partial charge in [0.25, 0.3) is 0 Å². The van der Waals surface area contributed by atoms with E-state index in [9.17, 15) is 9.59 Å². The number of piperidine rings is 1. The van der Waals surface area contributed by atoms with Crippen LogP contribution in [0.25, 0.3) is 10.9 Å². The molecular formula is C27H32ClN3O4. The van der Waals surface area contributed by atoms with Crippen molar-refractivity contribution in [1.82, 2.24) is 9.47 Å². The zero-order chi connectivity index (χ0) is 25.2. The first kappa shape index (κ1) is 24.9. The van der Waals surface area contributed by atoms with Gasteiger partial charge in [-0.05, 0) is 82.0 Å². The Bertz CT molecular complexity index is 1220. The molecule has 0 atom stereocenters. The molecule has 1 saturated heterocycles. The normalized spacial score (nSPS) is 14.7. The molecule has 2 aromatic carbocycles. The zero-order valence-corrected chi connectivity index (χ0v) is 21.4. The molecule has 7 nitrogen and oxygen atoms in total. The van der Waals surface area contributed by atoms with E-state index in [2.05, 4.69) is 34.3 Å². The second kappa shape index (κ2) is 10.2. The summed E-state index contributed by atoms with van der Waals surface area (Å²) in [5.41, 5.74) is 2.56. The number of fused-ring (bicyclic) bond motifs is 1. The molecule has 0 bridgehead atoms. The largest absolute Gasteiger partial charge is 0.465 e. The van der Waals surface area contributed by atoms with E-state index in [1.165, 1.54) is 7.11 Å². The summed E-state index contributed by atoms with van der Waals surface area (Å²) in [5.74, 6) is 0.0544. The van der Waals surface area contributed by atoms with E-state index in [1.807, 2.05) is 31.7 Å². The predicted octanol–water partition coefficient (Wildman–Crippen LogP) is 6.47. The molecule has 0 unspecified atom stereocenters. The van der Waals surface area contributed by atoms with Crippen LogP contribution in [0.3, 0.4) is 0 Å². The molecule has 3 aromatic rings. The standard InChI is InChI=1S/C27H32ClN3O4/c1-27(2,3)35-26(33)30-12-9-18(10-13-30)17-31-14-11-19-15-21(6-8-24(19)31)29-23-7-5-20(28)16-22(23)25(32)34-4/h5-8,11,14-16,18,29H,9-10,12-13,17H2,1-4H3. The van der Waals surface area contributed by atoms with Gasteiger partial charge in [0.15, 0.2) is 0 Å². The van der Waals surface area contributed by atoms with Crippen molar-refractivity contribution in [2.24, 2.45) is 5.92 Å². The van der Waals surface area contributed by atoms with Crippen molar-refractivity contribution >= 4 is 45.9 Å². The number of halogens is 1. The Morgan fingerprint density at radius 3 is 2.51 bits per heavy atom. The van der Waals surface area contributed by atoms with Gasteiger partial charge in [-0.3, -0.25) is 0 Å². The van der Waals surface area contributed by atoms with Crippen LogP contribution >= 0.6 is 11.6 Å². The number of benzene rings is 2. The molecule has 0 aliphatic carbocycles. The molecule has 1 N–H and O–H groups in total. The van der Waals surface area contributed by atoms with Crippen molar-refractivity contribution in [2.75, 3.05) is 25.5 Å². The SMILES string of the molecule is COC(=O)c1cc(Cl)ccc1Nc1ccc2c(ccn2CC2CCN(C(=O)OC(C)(C)C)CC2)c1. The minimum Gasteiger partial charge on any atom is -0.465 e. The Labute approximate surface area is 210 Å². The Kier molecular flexibility index (Phi) is 7.26. The van der Waals surface area contributed by atoms with Gasteiger partial charge in [-0.25, -0.2) is 9.59 Å². The van der Waals surface area contributed by atoms with E-state index in [0.717, 1.165) is 49.1 Å². The van der Waals surface area contributed by atoms with Crippen molar-refractivity contribution in [3.8, 4) is 0 Å². The number of amides is 1. The van der Waals surface area contributed by atoms with E-state index >= 15 is 0 Å². The molecule has 35 heavy (non-hydrogen) atoms. The quantitative estimate of drug-likeness (QED) is 0.409. The van der Waals surface area contributed by atoms with Crippen LogP contribution in [0.5, 0.6) is 0 Å². The molecule has 1 amide bonds. The number of rotatable bonds is 5. The highest BCUT2D eigenvalue weighted by atomic mass is 35.5. The molecule has 1 aliphatic heterocycles. The molecule has 0 spiro atoms. The summed E-state index contributed by atoms with van der Waals surface area (Å²) in [6, 6.07) is 13.3. The lowest BCUT2D eigenvalue weighted by atomic mass is 9.97. The van der Waals surface area contributed by atoms with Crippen LogP contribution in [0.1, 0.15) is 44.0 Å². The first-order valence-corrected chi connectivity index (χ1v) is 12.2. The lowest BCUT2D eigenvalue weighted by Crippen LogP contribution is -2.42. The first-order valence-electron chi connectivity index (χ1n) is 11.8. The number of methoxy groups -OCH3 is 1. The van der Waals surface area contributed by atoms with Crippen LogP contribution in [0.2, 0.25) is 5.02 Å². The Balaban J connectivity index is 1.41. The Morgan fingerprint density at radius 1 is 1.09 bits per heavy atom. The molecule has 1 aromatic heterocycles. The molecule has 1 aliphatic rings. The summed E-state index contributed by atoms with van der Waals surface area (Å²) in [7, 11) is 1.35. The maximum atomic E-state index is 12.3. The first-order chi connectivity index (χ1) is 16.6. The molecule has 186 valence electrons. The van der Waals surface area contributed by atoms with Crippen molar-refractivity contribution < 1.29 is 19.1 Å². The number of esters is 1. The fourth-order valence-corrected chi connectivity index (χ4v) is 4.57. The number of hydrogen-bond donors (Lipinski definition) is 1. The van der Waals surface area contributed by atoms with Crippen LogP contribution in [0.4, 0.5) is 16.2 Å². The maximum Gasteiger partial charge on any atom is 0.410 e. The number of nitrogens with one attached hydrogen (secondary N) is 1. The van der Waals surface area contributed by atoms with Crippen LogP contribution in [-0.2, 0) is 16.0 Å². The molecular weight excluding hydrogens is 466 g/mol. The number of ether oxygens (including phenoxy) is 2. The third kappa shape index (κ3) is 6.09. The van der Waals surface area contributed by atoms with Gasteiger partial charge in [0.1, 0.15) is 5.60 Å². The lowest BCUT2D eigenvalue weighted by molar-refractivity contribution is 0.0178. The van der Waals surface area contributed by atoms with E-state index in [1.54, 1.807) is 18.2 Å². The minimum atomic E-state index is -0.472. The predicted molar refractivity (Wildman–Crippen MR) is 139 cm³/mol. The fourth-order valence-electron chi connectivity index (χ4n) is 4.40. The highest BCUT2D eigenvalue weighted by Gasteiger charge is 2.27. The molecule has 8 heteroatoms. The second-order valence-electron chi connectivity index (χ2n) is 9.96. The number of hydrogen-bond acceptors (Lipinski definition) is 5. The van der Waals surface area contributed by atoms with Gasteiger partial charge in [0.2, 0.25) is 0 Å². The molecule has 0 saturated carbocycles. The lowest BCUT2D eigenvalue weighted by Gasteiger charge is -2.33. The van der Waals surface area contributed by atoms with E-state index in [4.69, 9.17) is 21.1 Å². The van der Waals surface area contributed by atoms with Crippen molar-refractivity contribution in [1.29, 1.82) is 0 Å². The smallest absolute Gasteiger partial charge is 0.410 e. The molecule has 1 fully saturated rings. The average Bonchev–Trinajstić information content (AvgIpc) is 3.21. The number of likely N-dealkylation sites (tertiary alicyclic amines) is 1. The van der Waals surface area contributed by atoms with Crippen molar-refractivity contribution in [2.45, 2.75) is 45.8 Å². The van der Waals surface area contributed by atoms with Crippen molar-refractivity contribution in [3.05, 3.63) is 59.2 Å². The topological polar surface area (TPSA) is 72.8 Å². The zero-order valence-electron chi connectivity index (χ0n) is 20.6. The van der Waals surface area contributed by atoms with Gasteiger partial charge in [-0.15, -0.1) is 0 Å². The van der Waals surface area contributed by atoms with Gasteiger partial charge in [-0.1, -0.05) is 11.6 Å². The van der Waals surface area contributed by atoms with Crippen LogP contribution < -0.4 is 5.32 Å². The molecule has 4 rings (SSSR count). The van der Waals surface area contributed by atoms with E-state index in [0.29, 0.717) is 22.2 Å². The van der Waals surface area contributed by atoms with Gasteiger partial charge >= 0.3 is 12.1 Å². The Hall–Kier alpha value is -3.19. The summed E-state index contributed by atoms with van der Waals surface area (Å²) in [5, 5.41) is 4.89. The second-order valence-corrected chi connectivity index (χ2v) is 10.4. The summed E-state index contributed by atoms with van der Waals surface area (Å²) < 4.78 is 12.7. The fraction of sp³-hybridized carbons (Fsp3) is 0.407.